The van der Waals surface area contributed by atoms with Gasteiger partial charge in [-0.3, -0.25) is 0 Å². The predicted molar refractivity (Wildman–Crippen MR) is 63.2 cm³/mol. The van der Waals surface area contributed by atoms with Gasteiger partial charge in [-0.05, 0) is 30.5 Å². The molecule has 0 atom stereocenters. The number of hydrogen-bond acceptors (Lipinski definition) is 1. The van der Waals surface area contributed by atoms with Crippen molar-refractivity contribution in [3.05, 3.63) is 34.3 Å². The predicted octanol–water partition coefficient (Wildman–Crippen LogP) is 3.34. The van der Waals surface area contributed by atoms with Crippen molar-refractivity contribution in [3.63, 3.8) is 0 Å². The zero-order valence-electron chi connectivity index (χ0n) is 8.30. The summed E-state index contributed by atoms with van der Waals surface area (Å²) in [6.07, 6.45) is 4.26. The van der Waals surface area contributed by atoms with Crippen LogP contribution in [0.1, 0.15) is 24.8 Å². The fourth-order valence-corrected chi connectivity index (χ4v) is 2.00. The van der Waals surface area contributed by atoms with E-state index >= 15 is 0 Å². The van der Waals surface area contributed by atoms with Crippen LogP contribution in [0.25, 0.3) is 0 Å². The molecule has 0 heterocycles. The Morgan fingerprint density at radius 3 is 2.79 bits per heavy atom. The molecular formula is C12H16BrN. The highest BCUT2D eigenvalue weighted by atomic mass is 79.9. The average molecular weight is 254 g/mol. The summed E-state index contributed by atoms with van der Waals surface area (Å²) >= 11 is 3.55. The first-order chi connectivity index (χ1) is 6.86. The van der Waals surface area contributed by atoms with Crippen LogP contribution in [0.3, 0.4) is 0 Å². The summed E-state index contributed by atoms with van der Waals surface area (Å²) in [6, 6.07) is 8.40. The van der Waals surface area contributed by atoms with Crippen LogP contribution in [0.2, 0.25) is 0 Å². The van der Waals surface area contributed by atoms with E-state index in [1.807, 2.05) is 0 Å². The molecule has 0 amide bonds. The van der Waals surface area contributed by atoms with Gasteiger partial charge in [0, 0.05) is 11.0 Å². The third-order valence-corrected chi connectivity index (χ3v) is 3.47. The van der Waals surface area contributed by atoms with Crippen LogP contribution in [-0.2, 0) is 6.54 Å². The second-order valence-corrected chi connectivity index (χ2v) is 4.85. The van der Waals surface area contributed by atoms with Crippen molar-refractivity contribution in [3.8, 4) is 0 Å². The average Bonchev–Trinajstić information content (AvgIpc) is 2.99. The van der Waals surface area contributed by atoms with Gasteiger partial charge < -0.3 is 5.32 Å². The SMILES string of the molecule is Brc1ccccc1CNCCC1CC1. The first-order valence-corrected chi connectivity index (χ1v) is 6.09. The van der Waals surface area contributed by atoms with Crippen LogP contribution in [0.15, 0.2) is 28.7 Å². The maximum Gasteiger partial charge on any atom is 0.0220 e. The summed E-state index contributed by atoms with van der Waals surface area (Å²) in [5, 5.41) is 3.48. The molecular weight excluding hydrogens is 238 g/mol. The Morgan fingerprint density at radius 2 is 2.07 bits per heavy atom. The Labute approximate surface area is 94.0 Å². The third-order valence-electron chi connectivity index (χ3n) is 2.70. The number of benzene rings is 1. The fourth-order valence-electron chi connectivity index (χ4n) is 1.58. The van der Waals surface area contributed by atoms with Crippen molar-refractivity contribution < 1.29 is 0 Å². The normalized spacial score (nSPS) is 15.8. The van der Waals surface area contributed by atoms with E-state index in [2.05, 4.69) is 45.5 Å². The van der Waals surface area contributed by atoms with Crippen LogP contribution in [0.5, 0.6) is 0 Å². The molecule has 14 heavy (non-hydrogen) atoms. The smallest absolute Gasteiger partial charge is 0.0220 e. The van der Waals surface area contributed by atoms with Crippen molar-refractivity contribution in [1.82, 2.24) is 5.32 Å². The molecule has 2 rings (SSSR count). The number of halogens is 1. The maximum atomic E-state index is 3.55. The highest BCUT2D eigenvalue weighted by Gasteiger charge is 2.19. The van der Waals surface area contributed by atoms with E-state index in [1.54, 1.807) is 0 Å². The monoisotopic (exact) mass is 253 g/mol. The molecule has 1 fully saturated rings. The Morgan fingerprint density at radius 1 is 1.29 bits per heavy atom. The summed E-state index contributed by atoms with van der Waals surface area (Å²) in [7, 11) is 0. The molecule has 1 aliphatic carbocycles. The first-order valence-electron chi connectivity index (χ1n) is 5.30. The van der Waals surface area contributed by atoms with E-state index in [1.165, 1.54) is 29.3 Å². The third kappa shape index (κ3) is 3.10. The molecule has 1 nitrogen and oxygen atoms in total. The lowest BCUT2D eigenvalue weighted by Crippen LogP contribution is -2.15. The Balaban J connectivity index is 1.71. The minimum Gasteiger partial charge on any atom is -0.313 e. The Bertz CT molecular complexity index is 294. The zero-order valence-corrected chi connectivity index (χ0v) is 9.89. The second kappa shape index (κ2) is 4.94. The van der Waals surface area contributed by atoms with Crippen molar-refractivity contribution in [1.29, 1.82) is 0 Å². The van der Waals surface area contributed by atoms with E-state index in [-0.39, 0.29) is 0 Å². The van der Waals surface area contributed by atoms with E-state index in [0.29, 0.717) is 0 Å². The molecule has 0 aromatic heterocycles. The van der Waals surface area contributed by atoms with Gasteiger partial charge >= 0.3 is 0 Å². The minimum absolute atomic E-state index is 0.980. The standard InChI is InChI=1S/C12H16BrN/c13-12-4-2-1-3-11(12)9-14-8-7-10-5-6-10/h1-4,10,14H,5-9H2. The Hall–Kier alpha value is -0.340. The molecule has 1 aromatic carbocycles. The summed E-state index contributed by atoms with van der Waals surface area (Å²) in [5.74, 6) is 1.03. The van der Waals surface area contributed by atoms with Gasteiger partial charge in [0.2, 0.25) is 0 Å². The van der Waals surface area contributed by atoms with Gasteiger partial charge in [-0.15, -0.1) is 0 Å². The van der Waals surface area contributed by atoms with Crippen LogP contribution >= 0.6 is 15.9 Å². The lowest BCUT2D eigenvalue weighted by atomic mass is 10.2. The van der Waals surface area contributed by atoms with E-state index < -0.39 is 0 Å². The molecule has 0 aliphatic heterocycles. The molecule has 76 valence electrons. The topological polar surface area (TPSA) is 12.0 Å². The van der Waals surface area contributed by atoms with Crippen LogP contribution in [0.4, 0.5) is 0 Å². The van der Waals surface area contributed by atoms with Gasteiger partial charge in [0.25, 0.3) is 0 Å². The highest BCUT2D eigenvalue weighted by molar-refractivity contribution is 9.10. The zero-order chi connectivity index (χ0) is 9.80. The van der Waals surface area contributed by atoms with Crippen molar-refractivity contribution in [2.24, 2.45) is 5.92 Å². The van der Waals surface area contributed by atoms with Crippen LogP contribution in [0, 0.1) is 5.92 Å². The summed E-state index contributed by atoms with van der Waals surface area (Å²) < 4.78 is 1.21. The number of nitrogens with one attached hydrogen (secondary N) is 1. The summed E-state index contributed by atoms with van der Waals surface area (Å²) in [4.78, 5) is 0. The molecule has 1 saturated carbocycles. The summed E-state index contributed by atoms with van der Waals surface area (Å²) in [5.41, 5.74) is 1.35. The molecule has 0 unspecified atom stereocenters. The fraction of sp³-hybridized carbons (Fsp3) is 0.500. The van der Waals surface area contributed by atoms with Gasteiger partial charge in [0.05, 0.1) is 0 Å². The summed E-state index contributed by atoms with van der Waals surface area (Å²) in [6.45, 7) is 2.14. The Kier molecular flexibility index (Phi) is 3.60. The quantitative estimate of drug-likeness (QED) is 0.794. The van der Waals surface area contributed by atoms with Crippen molar-refractivity contribution in [2.45, 2.75) is 25.8 Å². The first kappa shape index (κ1) is 10.2. The van der Waals surface area contributed by atoms with Crippen LogP contribution < -0.4 is 5.32 Å². The van der Waals surface area contributed by atoms with Crippen molar-refractivity contribution >= 4 is 15.9 Å². The van der Waals surface area contributed by atoms with E-state index in [0.717, 1.165) is 19.0 Å². The van der Waals surface area contributed by atoms with E-state index in [4.69, 9.17) is 0 Å². The van der Waals surface area contributed by atoms with Crippen LogP contribution in [-0.4, -0.2) is 6.54 Å². The second-order valence-electron chi connectivity index (χ2n) is 4.00. The molecule has 2 heteroatoms. The molecule has 1 N–H and O–H groups in total. The van der Waals surface area contributed by atoms with Gasteiger partial charge in [0.1, 0.15) is 0 Å². The highest BCUT2D eigenvalue weighted by Crippen LogP contribution is 2.31. The number of rotatable bonds is 5. The molecule has 0 saturated heterocycles. The lowest BCUT2D eigenvalue weighted by molar-refractivity contribution is 0.612. The molecule has 0 bridgehead atoms. The molecule has 1 aromatic rings. The van der Waals surface area contributed by atoms with Gasteiger partial charge in [0.15, 0.2) is 0 Å². The van der Waals surface area contributed by atoms with Gasteiger partial charge in [-0.1, -0.05) is 47.0 Å². The van der Waals surface area contributed by atoms with Gasteiger partial charge in [-0.25, -0.2) is 0 Å². The largest absolute Gasteiger partial charge is 0.313 e. The molecule has 1 aliphatic rings. The molecule has 0 spiro atoms. The van der Waals surface area contributed by atoms with Gasteiger partial charge in [-0.2, -0.15) is 0 Å². The molecule has 0 radical (unpaired) electrons. The van der Waals surface area contributed by atoms with E-state index in [9.17, 15) is 0 Å². The number of hydrogen-bond donors (Lipinski definition) is 1. The maximum absolute atomic E-state index is 3.55. The minimum atomic E-state index is 0.980. The lowest BCUT2D eigenvalue weighted by Gasteiger charge is -2.05. The van der Waals surface area contributed by atoms with Crippen molar-refractivity contribution in [2.75, 3.05) is 6.54 Å².